The van der Waals surface area contributed by atoms with Crippen molar-refractivity contribution in [3.05, 3.63) is 58.1 Å². The zero-order valence-electron chi connectivity index (χ0n) is 12.2. The summed E-state index contributed by atoms with van der Waals surface area (Å²) in [6, 6.07) is 13.9. The Morgan fingerprint density at radius 2 is 1.95 bits per heavy atom. The molecule has 2 rings (SSSR count). The number of carbonyl (C=O) groups is 1. The first kappa shape index (κ1) is 15.6. The molecule has 0 saturated heterocycles. The third kappa shape index (κ3) is 4.90. The Hall–Kier alpha value is -1.81. The van der Waals surface area contributed by atoms with Crippen molar-refractivity contribution in [3.8, 4) is 0 Å². The highest BCUT2D eigenvalue weighted by Gasteiger charge is 2.03. The molecule has 1 amide bonds. The number of anilines is 2. The Morgan fingerprint density at radius 1 is 1.14 bits per heavy atom. The first-order valence-electron chi connectivity index (χ1n) is 6.91. The third-order valence-corrected chi connectivity index (χ3v) is 3.65. The van der Waals surface area contributed by atoms with Crippen LogP contribution in [-0.4, -0.2) is 12.5 Å². The number of nitrogens with one attached hydrogen (secondary N) is 2. The van der Waals surface area contributed by atoms with Gasteiger partial charge in [-0.05, 0) is 55.3 Å². The molecule has 0 bridgehead atoms. The number of aryl methyl sites for hydroxylation is 2. The van der Waals surface area contributed by atoms with E-state index in [1.165, 1.54) is 0 Å². The van der Waals surface area contributed by atoms with E-state index < -0.39 is 0 Å². The van der Waals surface area contributed by atoms with Gasteiger partial charge < -0.3 is 10.6 Å². The van der Waals surface area contributed by atoms with Crippen molar-refractivity contribution in [2.45, 2.75) is 20.3 Å². The van der Waals surface area contributed by atoms with E-state index >= 15 is 0 Å². The predicted molar refractivity (Wildman–Crippen MR) is 91.8 cm³/mol. The zero-order valence-corrected chi connectivity index (χ0v) is 13.8. The molecule has 110 valence electrons. The van der Waals surface area contributed by atoms with Crippen molar-refractivity contribution < 1.29 is 4.79 Å². The molecule has 0 heterocycles. The van der Waals surface area contributed by atoms with Crippen molar-refractivity contribution in [3.63, 3.8) is 0 Å². The lowest BCUT2D eigenvalue weighted by Gasteiger charge is -2.10. The average Bonchev–Trinajstić information content (AvgIpc) is 2.41. The Balaban J connectivity index is 1.81. The van der Waals surface area contributed by atoms with E-state index in [1.54, 1.807) is 0 Å². The molecule has 0 spiro atoms. The molecule has 0 aromatic heterocycles. The Labute approximate surface area is 133 Å². The zero-order chi connectivity index (χ0) is 15.2. The molecule has 0 radical (unpaired) electrons. The topological polar surface area (TPSA) is 41.1 Å². The molecule has 0 aliphatic heterocycles. The second kappa shape index (κ2) is 7.27. The highest BCUT2D eigenvalue weighted by Crippen LogP contribution is 2.19. The number of carbonyl (C=O) groups excluding carboxylic acids is 1. The monoisotopic (exact) mass is 346 g/mol. The van der Waals surface area contributed by atoms with Gasteiger partial charge in [0.15, 0.2) is 0 Å². The van der Waals surface area contributed by atoms with Crippen LogP contribution in [0.15, 0.2) is 46.9 Å². The normalized spacial score (nSPS) is 10.2. The lowest BCUT2D eigenvalue weighted by atomic mass is 10.2. The van der Waals surface area contributed by atoms with E-state index in [9.17, 15) is 4.79 Å². The maximum Gasteiger partial charge on any atom is 0.226 e. The summed E-state index contributed by atoms with van der Waals surface area (Å²) in [5.41, 5.74) is 4.20. The Morgan fingerprint density at radius 3 is 2.67 bits per heavy atom. The van der Waals surface area contributed by atoms with Crippen molar-refractivity contribution in [2.24, 2.45) is 0 Å². The minimum atomic E-state index is 0.0165. The van der Waals surface area contributed by atoms with Crippen LogP contribution in [0.25, 0.3) is 0 Å². The largest absolute Gasteiger partial charge is 0.384 e. The summed E-state index contributed by atoms with van der Waals surface area (Å²) in [6.07, 6.45) is 0.434. The average molecular weight is 347 g/mol. The van der Waals surface area contributed by atoms with Crippen molar-refractivity contribution >= 4 is 33.2 Å². The third-order valence-electron chi connectivity index (χ3n) is 3.16. The van der Waals surface area contributed by atoms with Crippen molar-refractivity contribution in [2.75, 3.05) is 17.2 Å². The molecule has 3 nitrogen and oxygen atoms in total. The second-order valence-electron chi connectivity index (χ2n) is 5.05. The summed E-state index contributed by atoms with van der Waals surface area (Å²) >= 11 is 3.44. The van der Waals surface area contributed by atoms with Crippen LogP contribution in [-0.2, 0) is 4.79 Å². The van der Waals surface area contributed by atoms with E-state index in [-0.39, 0.29) is 5.91 Å². The van der Waals surface area contributed by atoms with Gasteiger partial charge in [0.05, 0.1) is 0 Å². The molecule has 0 aliphatic carbocycles. The molecule has 2 N–H and O–H groups in total. The van der Waals surface area contributed by atoms with Crippen molar-refractivity contribution in [1.82, 2.24) is 0 Å². The fraction of sp³-hybridized carbons (Fsp3) is 0.235. The lowest BCUT2D eigenvalue weighted by Crippen LogP contribution is -2.16. The van der Waals surface area contributed by atoms with Crippen LogP contribution in [0.3, 0.4) is 0 Å². The molecule has 2 aromatic rings. The molecule has 0 fully saturated rings. The standard InChI is InChI=1S/C17H19BrN2O/c1-12-4-3-5-15(10-12)20-17(21)8-9-19-16-7-6-14(18)11-13(16)2/h3-7,10-11,19H,8-9H2,1-2H3,(H,20,21). The van der Waals surface area contributed by atoms with Gasteiger partial charge in [-0.1, -0.05) is 28.1 Å². The Kier molecular flexibility index (Phi) is 5.39. The van der Waals surface area contributed by atoms with E-state index in [0.29, 0.717) is 13.0 Å². The minimum Gasteiger partial charge on any atom is -0.384 e. The molecule has 0 saturated carbocycles. The van der Waals surface area contributed by atoms with E-state index in [2.05, 4.69) is 32.6 Å². The fourth-order valence-electron chi connectivity index (χ4n) is 2.08. The maximum absolute atomic E-state index is 11.9. The summed E-state index contributed by atoms with van der Waals surface area (Å²) in [7, 11) is 0. The minimum absolute atomic E-state index is 0.0165. The first-order chi connectivity index (χ1) is 10.0. The summed E-state index contributed by atoms with van der Waals surface area (Å²) in [6.45, 7) is 4.66. The van der Waals surface area contributed by atoms with Gasteiger partial charge in [0.1, 0.15) is 0 Å². The van der Waals surface area contributed by atoms with Gasteiger partial charge in [-0.2, -0.15) is 0 Å². The number of amides is 1. The molecule has 4 heteroatoms. The highest BCUT2D eigenvalue weighted by atomic mass is 79.9. The van der Waals surface area contributed by atoms with E-state index in [0.717, 1.165) is 27.0 Å². The molecule has 2 aromatic carbocycles. The maximum atomic E-state index is 11.9. The fourth-order valence-corrected chi connectivity index (χ4v) is 2.56. The molecule has 21 heavy (non-hydrogen) atoms. The van der Waals surface area contributed by atoms with Crippen LogP contribution in [0.2, 0.25) is 0 Å². The number of benzene rings is 2. The molecular weight excluding hydrogens is 328 g/mol. The first-order valence-corrected chi connectivity index (χ1v) is 7.70. The summed E-state index contributed by atoms with van der Waals surface area (Å²) in [5.74, 6) is 0.0165. The summed E-state index contributed by atoms with van der Waals surface area (Å²) in [4.78, 5) is 11.9. The highest BCUT2D eigenvalue weighted by molar-refractivity contribution is 9.10. The summed E-state index contributed by atoms with van der Waals surface area (Å²) < 4.78 is 1.06. The van der Waals surface area contributed by atoms with Crippen LogP contribution in [0, 0.1) is 13.8 Å². The molecule has 0 aliphatic rings. The van der Waals surface area contributed by atoms with Gasteiger partial charge in [-0.15, -0.1) is 0 Å². The Bertz CT molecular complexity index is 640. The lowest BCUT2D eigenvalue weighted by molar-refractivity contribution is -0.115. The smallest absolute Gasteiger partial charge is 0.226 e. The SMILES string of the molecule is Cc1cccc(NC(=O)CCNc2ccc(Br)cc2C)c1. The van der Waals surface area contributed by atoms with Crippen LogP contribution >= 0.6 is 15.9 Å². The number of rotatable bonds is 5. The predicted octanol–water partition coefficient (Wildman–Crippen LogP) is 4.51. The molecular formula is C17H19BrN2O. The quantitative estimate of drug-likeness (QED) is 0.836. The molecule has 0 unspecified atom stereocenters. The van der Waals surface area contributed by atoms with Crippen molar-refractivity contribution in [1.29, 1.82) is 0 Å². The van der Waals surface area contributed by atoms with Gasteiger partial charge in [-0.25, -0.2) is 0 Å². The van der Waals surface area contributed by atoms with Crippen LogP contribution < -0.4 is 10.6 Å². The van der Waals surface area contributed by atoms with Gasteiger partial charge in [0, 0.05) is 28.8 Å². The summed E-state index contributed by atoms with van der Waals surface area (Å²) in [5, 5.41) is 6.19. The second-order valence-corrected chi connectivity index (χ2v) is 5.97. The van der Waals surface area contributed by atoms with Gasteiger partial charge in [0.2, 0.25) is 5.91 Å². The number of hydrogen-bond donors (Lipinski definition) is 2. The molecule has 0 atom stereocenters. The van der Waals surface area contributed by atoms with E-state index in [4.69, 9.17) is 0 Å². The van der Waals surface area contributed by atoms with E-state index in [1.807, 2.05) is 50.2 Å². The van der Waals surface area contributed by atoms with Gasteiger partial charge in [0.25, 0.3) is 0 Å². The van der Waals surface area contributed by atoms with Gasteiger partial charge >= 0.3 is 0 Å². The number of hydrogen-bond acceptors (Lipinski definition) is 2. The van der Waals surface area contributed by atoms with Crippen LogP contribution in [0.1, 0.15) is 17.5 Å². The van der Waals surface area contributed by atoms with Gasteiger partial charge in [-0.3, -0.25) is 4.79 Å². The van der Waals surface area contributed by atoms with Crippen LogP contribution in [0.5, 0.6) is 0 Å². The van der Waals surface area contributed by atoms with Crippen LogP contribution in [0.4, 0.5) is 11.4 Å². The number of halogens is 1.